The van der Waals surface area contributed by atoms with Gasteiger partial charge in [-0.1, -0.05) is 22.4 Å². The van der Waals surface area contributed by atoms with Crippen LogP contribution < -0.4 is 0 Å². The second-order valence-electron chi connectivity index (χ2n) is 2.97. The van der Waals surface area contributed by atoms with E-state index in [9.17, 15) is 0 Å². The summed E-state index contributed by atoms with van der Waals surface area (Å²) in [5.74, 6) is 1.58. The van der Waals surface area contributed by atoms with E-state index in [4.69, 9.17) is 1.37 Å². The number of alkyl halides is 1. The number of rotatable bonds is 0. The Hall–Kier alpha value is 0.480. The minimum absolute atomic E-state index is 0.212. The Morgan fingerprint density at radius 2 is 2.38 bits per heavy atom. The van der Waals surface area contributed by atoms with E-state index in [1.165, 1.54) is 19.3 Å². The predicted octanol–water partition coefficient (Wildman–Crippen LogP) is 2.57. The van der Waals surface area contributed by atoms with Gasteiger partial charge in [-0.2, -0.15) is 0 Å². The zero-order valence-electron chi connectivity index (χ0n) is 5.81. The van der Waals surface area contributed by atoms with Gasteiger partial charge in [-0.25, -0.2) is 0 Å². The van der Waals surface area contributed by atoms with Gasteiger partial charge in [0, 0.05) is 6.20 Å². The Labute approximate surface area is 60.2 Å². The lowest BCUT2D eigenvalue weighted by atomic mass is 10.0. The maximum atomic E-state index is 7.68. The quantitative estimate of drug-likeness (QED) is 0.497. The van der Waals surface area contributed by atoms with E-state index in [1.807, 2.05) is 0 Å². The van der Waals surface area contributed by atoms with Crippen LogP contribution in [0.15, 0.2) is 0 Å². The van der Waals surface area contributed by atoms with Crippen LogP contribution in [-0.4, -0.2) is 4.83 Å². The van der Waals surface area contributed by atoms with Gasteiger partial charge in [0.1, 0.15) is 0 Å². The first-order chi connectivity index (χ1) is 4.29. The lowest BCUT2D eigenvalue weighted by molar-refractivity contribution is 0.497. The van der Waals surface area contributed by atoms with Crippen LogP contribution in [0.5, 0.6) is 0 Å². The average Bonchev–Trinajstić information content (AvgIpc) is 2.37. The smallest absolute Gasteiger partial charge is 0.0281 e. The van der Waals surface area contributed by atoms with E-state index in [0.717, 1.165) is 11.8 Å². The van der Waals surface area contributed by atoms with Crippen LogP contribution in [0.3, 0.4) is 0 Å². The molecule has 0 aromatic carbocycles. The Morgan fingerprint density at radius 3 is 2.75 bits per heavy atom. The van der Waals surface area contributed by atoms with Crippen LogP contribution in [0, 0.1) is 11.8 Å². The van der Waals surface area contributed by atoms with Gasteiger partial charge in [0.05, 0.1) is 0 Å². The largest absolute Gasteiger partial charge is 0.0888 e. The fourth-order valence-corrected chi connectivity index (χ4v) is 2.85. The highest BCUT2D eigenvalue weighted by Gasteiger charge is 2.37. The molecule has 0 amide bonds. The third-order valence-electron chi connectivity index (χ3n) is 2.42. The Kier molecular flexibility index (Phi) is 0.933. The summed E-state index contributed by atoms with van der Waals surface area (Å²) in [4.78, 5) is 0.524. The molecule has 0 N–H and O–H groups in total. The van der Waals surface area contributed by atoms with Gasteiger partial charge in [0.2, 0.25) is 0 Å². The summed E-state index contributed by atoms with van der Waals surface area (Å²) in [5.41, 5.74) is 0. The molecule has 4 atom stereocenters. The van der Waals surface area contributed by atoms with Crippen molar-refractivity contribution in [2.24, 2.45) is 11.8 Å². The molecule has 0 heterocycles. The van der Waals surface area contributed by atoms with E-state index in [2.05, 4.69) is 15.9 Å². The van der Waals surface area contributed by atoms with E-state index >= 15 is 0 Å². The SMILES string of the molecule is [2H]C1C2CCC(C2)C1Br. The van der Waals surface area contributed by atoms with Crippen molar-refractivity contribution in [3.05, 3.63) is 0 Å². The third kappa shape index (κ3) is 0.637. The highest BCUT2D eigenvalue weighted by molar-refractivity contribution is 9.09. The number of fused-ring (bicyclic) bond motifs is 2. The van der Waals surface area contributed by atoms with E-state index in [0.29, 0.717) is 4.83 Å². The molecule has 2 fully saturated rings. The van der Waals surface area contributed by atoms with Crippen LogP contribution in [0.2, 0.25) is 0 Å². The van der Waals surface area contributed by atoms with Crippen molar-refractivity contribution in [1.29, 1.82) is 0 Å². The molecular weight excluding hydrogens is 164 g/mol. The highest BCUT2D eigenvalue weighted by Crippen LogP contribution is 2.47. The maximum Gasteiger partial charge on any atom is 0.0281 e. The molecule has 4 unspecified atom stereocenters. The van der Waals surface area contributed by atoms with Gasteiger partial charge in [0.15, 0.2) is 0 Å². The Morgan fingerprint density at radius 1 is 1.50 bits per heavy atom. The van der Waals surface area contributed by atoms with Crippen molar-refractivity contribution in [2.75, 3.05) is 0 Å². The minimum atomic E-state index is 0.212. The van der Waals surface area contributed by atoms with Gasteiger partial charge >= 0.3 is 0 Å². The van der Waals surface area contributed by atoms with Crippen molar-refractivity contribution in [3.63, 3.8) is 0 Å². The molecule has 8 heavy (non-hydrogen) atoms. The van der Waals surface area contributed by atoms with Gasteiger partial charge in [-0.15, -0.1) is 0 Å². The monoisotopic (exact) mass is 175 g/mol. The van der Waals surface area contributed by atoms with Gasteiger partial charge in [0.25, 0.3) is 0 Å². The molecule has 0 aromatic rings. The van der Waals surface area contributed by atoms with Gasteiger partial charge in [-0.05, 0) is 31.1 Å². The molecule has 0 radical (unpaired) electrons. The lowest BCUT2D eigenvalue weighted by Crippen LogP contribution is -2.07. The summed E-state index contributed by atoms with van der Waals surface area (Å²) in [5, 5.41) is 0. The van der Waals surface area contributed by atoms with E-state index in [-0.39, 0.29) is 6.40 Å². The van der Waals surface area contributed by atoms with E-state index in [1.54, 1.807) is 0 Å². The standard InChI is InChI=1S/C7H11Br/c8-7-4-5-1-2-6(7)3-5/h5-7H,1-4H2/i4D. The summed E-state index contributed by atoms with van der Waals surface area (Å²) in [6, 6.07) is 0. The molecule has 0 aliphatic heterocycles. The first-order valence-corrected chi connectivity index (χ1v) is 4.27. The number of hydrogen-bond donors (Lipinski definition) is 0. The summed E-state index contributed by atoms with van der Waals surface area (Å²) < 4.78 is 7.68. The molecular formula is C7H11Br. The van der Waals surface area contributed by atoms with Gasteiger partial charge < -0.3 is 0 Å². The van der Waals surface area contributed by atoms with Crippen molar-refractivity contribution in [3.8, 4) is 0 Å². The molecule has 46 valence electrons. The lowest BCUT2D eigenvalue weighted by Gasteiger charge is -2.13. The number of halogens is 1. The third-order valence-corrected chi connectivity index (χ3v) is 3.47. The summed E-state index contributed by atoms with van der Waals surface area (Å²) in [6.07, 6.45) is 4.23. The van der Waals surface area contributed by atoms with Crippen molar-refractivity contribution >= 4 is 15.9 Å². The highest BCUT2D eigenvalue weighted by atomic mass is 79.9. The molecule has 2 rings (SSSR count). The first-order valence-electron chi connectivity index (χ1n) is 3.93. The van der Waals surface area contributed by atoms with Crippen LogP contribution in [0.1, 0.15) is 27.0 Å². The van der Waals surface area contributed by atoms with Crippen LogP contribution in [0.25, 0.3) is 0 Å². The fourth-order valence-electron chi connectivity index (χ4n) is 1.93. The molecule has 2 saturated carbocycles. The first kappa shape index (κ1) is 4.32. The molecule has 2 aliphatic rings. The zero-order chi connectivity index (χ0) is 6.43. The fraction of sp³-hybridized carbons (Fsp3) is 1.00. The molecule has 0 aromatic heterocycles. The van der Waals surface area contributed by atoms with Crippen molar-refractivity contribution < 1.29 is 1.37 Å². The van der Waals surface area contributed by atoms with Crippen LogP contribution >= 0.6 is 15.9 Å². The Bertz CT molecular complexity index is 108. The maximum absolute atomic E-state index is 7.68. The topological polar surface area (TPSA) is 0 Å². The molecule has 2 aliphatic carbocycles. The summed E-state index contributed by atoms with van der Waals surface area (Å²) in [6.45, 7) is 0. The van der Waals surface area contributed by atoms with Crippen molar-refractivity contribution in [2.45, 2.75) is 30.5 Å². The summed E-state index contributed by atoms with van der Waals surface area (Å²) >= 11 is 3.57. The summed E-state index contributed by atoms with van der Waals surface area (Å²) in [7, 11) is 0. The van der Waals surface area contributed by atoms with Crippen LogP contribution in [-0.2, 0) is 0 Å². The molecule has 2 bridgehead atoms. The molecule has 0 spiro atoms. The molecule has 1 heteroatoms. The second-order valence-corrected chi connectivity index (χ2v) is 4.03. The minimum Gasteiger partial charge on any atom is -0.0888 e. The van der Waals surface area contributed by atoms with Crippen LogP contribution in [0.4, 0.5) is 0 Å². The second kappa shape index (κ2) is 1.73. The van der Waals surface area contributed by atoms with Gasteiger partial charge in [-0.3, -0.25) is 0 Å². The molecule has 0 saturated heterocycles. The predicted molar refractivity (Wildman–Crippen MR) is 38.2 cm³/mol. The van der Waals surface area contributed by atoms with Crippen molar-refractivity contribution in [1.82, 2.24) is 0 Å². The molecule has 0 nitrogen and oxygen atoms in total. The zero-order valence-corrected chi connectivity index (χ0v) is 6.39. The average molecular weight is 176 g/mol. The Balaban J connectivity index is 2.15. The normalized spacial score (nSPS) is 63.9. The van der Waals surface area contributed by atoms with E-state index < -0.39 is 0 Å². The number of hydrogen-bond acceptors (Lipinski definition) is 0.